The van der Waals surface area contributed by atoms with Crippen molar-refractivity contribution in [3.8, 4) is 11.5 Å². The third-order valence-electron chi connectivity index (χ3n) is 2.09. The van der Waals surface area contributed by atoms with Gasteiger partial charge in [-0.3, -0.25) is 0 Å². The number of aromatic hydroxyl groups is 2. The molecule has 1 atom stereocenters. The Labute approximate surface area is 91.7 Å². The third kappa shape index (κ3) is 2.39. The van der Waals surface area contributed by atoms with Crippen LogP contribution in [-0.4, -0.2) is 10.2 Å². The summed E-state index contributed by atoms with van der Waals surface area (Å²) in [6.07, 6.45) is 1.84. The van der Waals surface area contributed by atoms with Gasteiger partial charge in [-0.1, -0.05) is 13.3 Å². The van der Waals surface area contributed by atoms with Crippen LogP contribution in [-0.2, 0) is 0 Å². The zero-order valence-corrected chi connectivity index (χ0v) is 9.58. The first-order valence-corrected chi connectivity index (χ1v) is 5.32. The normalized spacial score (nSPS) is 12.8. The van der Waals surface area contributed by atoms with Crippen molar-refractivity contribution in [2.45, 2.75) is 25.8 Å². The molecule has 78 valence electrons. The van der Waals surface area contributed by atoms with Gasteiger partial charge >= 0.3 is 0 Å². The van der Waals surface area contributed by atoms with Crippen LogP contribution in [0.5, 0.6) is 11.5 Å². The fourth-order valence-electron chi connectivity index (χ4n) is 1.30. The Morgan fingerprint density at radius 2 is 2.07 bits per heavy atom. The average molecular weight is 260 g/mol. The lowest BCUT2D eigenvalue weighted by atomic mass is 10.0. The number of nitrogens with two attached hydrogens (primary N) is 1. The Balaban J connectivity index is 3.00. The zero-order chi connectivity index (χ0) is 10.7. The fraction of sp³-hybridized carbons (Fsp3) is 0.400. The molecule has 0 saturated heterocycles. The van der Waals surface area contributed by atoms with Gasteiger partial charge in [-0.2, -0.15) is 0 Å². The summed E-state index contributed by atoms with van der Waals surface area (Å²) in [4.78, 5) is 0. The maximum atomic E-state index is 9.36. The number of phenols is 2. The zero-order valence-electron chi connectivity index (χ0n) is 8.00. The molecule has 4 N–H and O–H groups in total. The first kappa shape index (κ1) is 11.3. The lowest BCUT2D eigenvalue weighted by Crippen LogP contribution is -2.09. The average Bonchev–Trinajstić information content (AvgIpc) is 2.13. The molecule has 0 saturated carbocycles. The number of hydrogen-bond donors (Lipinski definition) is 3. The van der Waals surface area contributed by atoms with Crippen LogP contribution in [0.4, 0.5) is 0 Å². The van der Waals surface area contributed by atoms with E-state index in [4.69, 9.17) is 5.73 Å². The predicted octanol–water partition coefficient (Wildman–Crippen LogP) is 2.66. The number of phenolic OH excluding ortho intramolecular Hbond substituents is 2. The Hall–Kier alpha value is -0.740. The van der Waals surface area contributed by atoms with E-state index in [1.807, 2.05) is 0 Å². The van der Waals surface area contributed by atoms with Crippen LogP contribution in [0.1, 0.15) is 31.4 Å². The minimum atomic E-state index is -0.141. The molecule has 0 fully saturated rings. The van der Waals surface area contributed by atoms with E-state index >= 15 is 0 Å². The van der Waals surface area contributed by atoms with Crippen molar-refractivity contribution in [3.05, 3.63) is 22.2 Å². The maximum absolute atomic E-state index is 9.36. The van der Waals surface area contributed by atoms with Crippen molar-refractivity contribution >= 4 is 15.9 Å². The molecule has 1 unspecified atom stereocenters. The van der Waals surface area contributed by atoms with Gasteiger partial charge in [0.2, 0.25) is 0 Å². The van der Waals surface area contributed by atoms with Gasteiger partial charge in [0, 0.05) is 6.04 Å². The second kappa shape index (κ2) is 4.66. The monoisotopic (exact) mass is 259 g/mol. The molecule has 0 bridgehead atoms. The summed E-state index contributed by atoms with van der Waals surface area (Å²) in [6.45, 7) is 2.05. The molecule has 4 heteroatoms. The molecular formula is C10H14BrNO2. The van der Waals surface area contributed by atoms with Crippen LogP contribution in [0.15, 0.2) is 16.6 Å². The number of rotatable bonds is 3. The van der Waals surface area contributed by atoms with E-state index in [-0.39, 0.29) is 17.5 Å². The lowest BCUT2D eigenvalue weighted by Gasteiger charge is -2.12. The van der Waals surface area contributed by atoms with Crippen molar-refractivity contribution in [3.63, 3.8) is 0 Å². The Bertz CT molecular complexity index is 305. The second-order valence-electron chi connectivity index (χ2n) is 3.27. The molecule has 14 heavy (non-hydrogen) atoms. The van der Waals surface area contributed by atoms with E-state index in [2.05, 4.69) is 22.9 Å². The topological polar surface area (TPSA) is 66.5 Å². The summed E-state index contributed by atoms with van der Waals surface area (Å²) < 4.78 is 0.471. The minimum Gasteiger partial charge on any atom is -0.504 e. The molecule has 0 aliphatic heterocycles. The summed E-state index contributed by atoms with van der Waals surface area (Å²) in [5, 5.41) is 18.7. The molecule has 0 heterocycles. The Morgan fingerprint density at radius 1 is 1.43 bits per heavy atom. The van der Waals surface area contributed by atoms with Gasteiger partial charge < -0.3 is 15.9 Å². The van der Waals surface area contributed by atoms with E-state index in [0.29, 0.717) is 4.47 Å². The molecule has 0 spiro atoms. The van der Waals surface area contributed by atoms with E-state index in [1.165, 1.54) is 6.07 Å². The van der Waals surface area contributed by atoms with E-state index < -0.39 is 0 Å². The molecule has 0 aromatic heterocycles. The fourth-order valence-corrected chi connectivity index (χ4v) is 1.76. The SMILES string of the molecule is CCCC(N)c1cc(O)c(O)c(Br)c1. The molecule has 3 nitrogen and oxygen atoms in total. The predicted molar refractivity (Wildman–Crippen MR) is 59.3 cm³/mol. The summed E-state index contributed by atoms with van der Waals surface area (Å²) in [5.41, 5.74) is 6.71. The van der Waals surface area contributed by atoms with E-state index in [1.54, 1.807) is 6.07 Å². The highest BCUT2D eigenvalue weighted by Crippen LogP contribution is 2.36. The van der Waals surface area contributed by atoms with Gasteiger partial charge in [-0.05, 0) is 40.0 Å². The van der Waals surface area contributed by atoms with Gasteiger partial charge in [-0.15, -0.1) is 0 Å². The molecule has 0 radical (unpaired) electrons. The molecule has 0 aliphatic rings. The molecule has 1 aromatic rings. The standard InChI is InChI=1S/C10H14BrNO2/c1-2-3-8(12)6-4-7(11)10(14)9(13)5-6/h4-5,8,13-14H,2-3,12H2,1H3. The van der Waals surface area contributed by atoms with Crippen molar-refractivity contribution < 1.29 is 10.2 Å². The van der Waals surface area contributed by atoms with Gasteiger partial charge in [0.05, 0.1) is 4.47 Å². The quantitative estimate of drug-likeness (QED) is 0.732. The van der Waals surface area contributed by atoms with Crippen LogP contribution in [0, 0.1) is 0 Å². The lowest BCUT2D eigenvalue weighted by molar-refractivity contribution is 0.400. The maximum Gasteiger partial charge on any atom is 0.171 e. The molecule has 0 aliphatic carbocycles. The highest BCUT2D eigenvalue weighted by molar-refractivity contribution is 9.10. The smallest absolute Gasteiger partial charge is 0.171 e. The Kier molecular flexibility index (Phi) is 3.77. The van der Waals surface area contributed by atoms with Crippen molar-refractivity contribution in [1.29, 1.82) is 0 Å². The largest absolute Gasteiger partial charge is 0.504 e. The van der Waals surface area contributed by atoms with E-state index in [9.17, 15) is 10.2 Å². The number of hydrogen-bond acceptors (Lipinski definition) is 3. The second-order valence-corrected chi connectivity index (χ2v) is 4.12. The first-order chi connectivity index (χ1) is 6.56. The Morgan fingerprint density at radius 3 is 2.57 bits per heavy atom. The van der Waals surface area contributed by atoms with Crippen molar-refractivity contribution in [2.24, 2.45) is 5.73 Å². The number of benzene rings is 1. The van der Waals surface area contributed by atoms with Gasteiger partial charge in [0.1, 0.15) is 0 Å². The van der Waals surface area contributed by atoms with Crippen molar-refractivity contribution in [1.82, 2.24) is 0 Å². The van der Waals surface area contributed by atoms with Gasteiger partial charge in [0.15, 0.2) is 11.5 Å². The minimum absolute atomic E-state index is 0.0946. The van der Waals surface area contributed by atoms with Crippen LogP contribution >= 0.6 is 15.9 Å². The third-order valence-corrected chi connectivity index (χ3v) is 2.70. The molecule has 1 rings (SSSR count). The highest BCUT2D eigenvalue weighted by atomic mass is 79.9. The summed E-state index contributed by atoms with van der Waals surface area (Å²) in [6, 6.07) is 3.14. The summed E-state index contributed by atoms with van der Waals surface area (Å²) in [5.74, 6) is -0.279. The van der Waals surface area contributed by atoms with Crippen LogP contribution in [0.2, 0.25) is 0 Å². The first-order valence-electron chi connectivity index (χ1n) is 4.53. The highest BCUT2D eigenvalue weighted by Gasteiger charge is 2.11. The van der Waals surface area contributed by atoms with Crippen LogP contribution in [0.25, 0.3) is 0 Å². The van der Waals surface area contributed by atoms with Gasteiger partial charge in [-0.25, -0.2) is 0 Å². The summed E-state index contributed by atoms with van der Waals surface area (Å²) in [7, 11) is 0. The van der Waals surface area contributed by atoms with Crippen molar-refractivity contribution in [2.75, 3.05) is 0 Å². The van der Waals surface area contributed by atoms with Crippen LogP contribution in [0.3, 0.4) is 0 Å². The van der Waals surface area contributed by atoms with E-state index in [0.717, 1.165) is 18.4 Å². The number of halogens is 1. The van der Waals surface area contributed by atoms with Crippen LogP contribution < -0.4 is 5.73 Å². The van der Waals surface area contributed by atoms with Gasteiger partial charge in [0.25, 0.3) is 0 Å². The molecule has 0 amide bonds. The summed E-state index contributed by atoms with van der Waals surface area (Å²) >= 11 is 3.15. The molecule has 1 aromatic carbocycles. The molecular weight excluding hydrogens is 246 g/mol.